The molecule has 0 N–H and O–H groups in total. The molecule has 0 amide bonds. The number of imidazole rings is 1. The number of piperidine rings is 1. The molecule has 0 unspecified atom stereocenters. The standard InChI is InChI=1S/C14H19N3/c1-16-9-7-11(8-10-16)14-15-12-5-3-4-6-13(12)17(14)2/h3-6,11H,7-10H2,1-2H3. The average molecular weight is 229 g/mol. The predicted molar refractivity (Wildman–Crippen MR) is 70.2 cm³/mol. The second-order valence-corrected chi connectivity index (χ2v) is 5.10. The third kappa shape index (κ3) is 1.84. The Morgan fingerprint density at radius 3 is 2.53 bits per heavy atom. The van der Waals surface area contributed by atoms with Crippen LogP contribution in [0.25, 0.3) is 11.0 Å². The van der Waals surface area contributed by atoms with Gasteiger partial charge in [0.1, 0.15) is 5.82 Å². The first-order valence-electron chi connectivity index (χ1n) is 6.35. The van der Waals surface area contributed by atoms with Crippen molar-refractivity contribution in [2.24, 2.45) is 7.05 Å². The molecule has 0 saturated carbocycles. The minimum Gasteiger partial charge on any atom is -0.331 e. The largest absolute Gasteiger partial charge is 0.331 e. The third-order valence-electron chi connectivity index (χ3n) is 3.91. The predicted octanol–water partition coefficient (Wildman–Crippen LogP) is 2.38. The highest BCUT2D eigenvalue weighted by atomic mass is 15.1. The topological polar surface area (TPSA) is 21.1 Å². The van der Waals surface area contributed by atoms with E-state index >= 15 is 0 Å². The number of rotatable bonds is 1. The van der Waals surface area contributed by atoms with Gasteiger partial charge in [0.05, 0.1) is 11.0 Å². The molecule has 1 aliphatic heterocycles. The lowest BCUT2D eigenvalue weighted by Crippen LogP contribution is -2.30. The van der Waals surface area contributed by atoms with E-state index < -0.39 is 0 Å². The molecule has 1 saturated heterocycles. The fraction of sp³-hybridized carbons (Fsp3) is 0.500. The molecule has 0 spiro atoms. The molecular weight excluding hydrogens is 210 g/mol. The summed E-state index contributed by atoms with van der Waals surface area (Å²) in [4.78, 5) is 7.21. The number of para-hydroxylation sites is 2. The van der Waals surface area contributed by atoms with Crippen molar-refractivity contribution in [1.29, 1.82) is 0 Å². The summed E-state index contributed by atoms with van der Waals surface area (Å²) in [6.45, 7) is 2.38. The Hall–Kier alpha value is -1.35. The molecule has 1 aliphatic rings. The molecule has 3 heteroatoms. The van der Waals surface area contributed by atoms with Crippen molar-refractivity contribution in [2.45, 2.75) is 18.8 Å². The number of hydrogen-bond donors (Lipinski definition) is 0. The lowest BCUT2D eigenvalue weighted by molar-refractivity contribution is 0.250. The zero-order chi connectivity index (χ0) is 11.8. The van der Waals surface area contributed by atoms with Crippen LogP contribution in [0.1, 0.15) is 24.6 Å². The van der Waals surface area contributed by atoms with Gasteiger partial charge in [-0.2, -0.15) is 0 Å². The van der Waals surface area contributed by atoms with E-state index in [0.29, 0.717) is 5.92 Å². The van der Waals surface area contributed by atoms with Crippen LogP contribution in [-0.4, -0.2) is 34.6 Å². The molecule has 0 aliphatic carbocycles. The summed E-state index contributed by atoms with van der Waals surface area (Å²) in [7, 11) is 4.34. The van der Waals surface area contributed by atoms with E-state index in [4.69, 9.17) is 4.98 Å². The van der Waals surface area contributed by atoms with Crippen LogP contribution >= 0.6 is 0 Å². The van der Waals surface area contributed by atoms with E-state index in [1.54, 1.807) is 0 Å². The van der Waals surface area contributed by atoms with E-state index in [1.165, 1.54) is 37.3 Å². The van der Waals surface area contributed by atoms with Crippen LogP contribution in [0.3, 0.4) is 0 Å². The summed E-state index contributed by atoms with van der Waals surface area (Å²) in [5.41, 5.74) is 2.38. The molecule has 0 radical (unpaired) electrons. The van der Waals surface area contributed by atoms with E-state index in [0.717, 1.165) is 5.52 Å². The number of aromatic nitrogens is 2. The van der Waals surface area contributed by atoms with Gasteiger partial charge in [-0.05, 0) is 45.1 Å². The van der Waals surface area contributed by atoms with Crippen molar-refractivity contribution in [3.8, 4) is 0 Å². The smallest absolute Gasteiger partial charge is 0.112 e. The minimum absolute atomic E-state index is 0.628. The summed E-state index contributed by atoms with van der Waals surface area (Å²) >= 11 is 0. The normalized spacial score (nSPS) is 18.9. The number of fused-ring (bicyclic) bond motifs is 1. The fourth-order valence-electron chi connectivity index (χ4n) is 2.80. The van der Waals surface area contributed by atoms with Gasteiger partial charge < -0.3 is 9.47 Å². The fourth-order valence-corrected chi connectivity index (χ4v) is 2.80. The van der Waals surface area contributed by atoms with Crippen LogP contribution in [0.5, 0.6) is 0 Å². The number of aryl methyl sites for hydroxylation is 1. The molecule has 2 aromatic rings. The number of hydrogen-bond acceptors (Lipinski definition) is 2. The lowest BCUT2D eigenvalue weighted by Gasteiger charge is -2.28. The van der Waals surface area contributed by atoms with Crippen LogP contribution in [0, 0.1) is 0 Å². The molecule has 1 aromatic heterocycles. The van der Waals surface area contributed by atoms with Gasteiger partial charge in [-0.3, -0.25) is 0 Å². The van der Waals surface area contributed by atoms with E-state index in [2.05, 4.69) is 47.8 Å². The van der Waals surface area contributed by atoms with E-state index in [9.17, 15) is 0 Å². The first-order chi connectivity index (χ1) is 8.25. The maximum Gasteiger partial charge on any atom is 0.112 e. The molecule has 2 heterocycles. The maximum atomic E-state index is 4.81. The SMILES string of the molecule is CN1CCC(c2nc3ccccc3n2C)CC1. The van der Waals surface area contributed by atoms with Gasteiger partial charge in [-0.15, -0.1) is 0 Å². The Balaban J connectivity index is 1.97. The third-order valence-corrected chi connectivity index (χ3v) is 3.91. The maximum absolute atomic E-state index is 4.81. The first-order valence-corrected chi connectivity index (χ1v) is 6.35. The van der Waals surface area contributed by atoms with Crippen molar-refractivity contribution < 1.29 is 0 Å². The van der Waals surface area contributed by atoms with Gasteiger partial charge >= 0.3 is 0 Å². The summed E-state index contributed by atoms with van der Waals surface area (Å²) in [6, 6.07) is 8.41. The number of nitrogens with zero attached hydrogens (tertiary/aromatic N) is 3. The Morgan fingerprint density at radius 2 is 1.82 bits per heavy atom. The zero-order valence-electron chi connectivity index (χ0n) is 10.6. The monoisotopic (exact) mass is 229 g/mol. The molecule has 1 aromatic carbocycles. The molecular formula is C14H19N3. The summed E-state index contributed by atoms with van der Waals surface area (Å²) in [5, 5.41) is 0. The second kappa shape index (κ2) is 4.15. The summed E-state index contributed by atoms with van der Waals surface area (Å²) in [6.07, 6.45) is 2.46. The number of likely N-dealkylation sites (tertiary alicyclic amines) is 1. The van der Waals surface area contributed by atoms with Gasteiger partial charge in [-0.25, -0.2) is 4.98 Å². The van der Waals surface area contributed by atoms with Crippen molar-refractivity contribution >= 4 is 11.0 Å². The highest BCUT2D eigenvalue weighted by Gasteiger charge is 2.22. The molecule has 3 nitrogen and oxygen atoms in total. The number of benzene rings is 1. The molecule has 3 rings (SSSR count). The molecule has 90 valence electrons. The van der Waals surface area contributed by atoms with Gasteiger partial charge in [0, 0.05) is 13.0 Å². The van der Waals surface area contributed by atoms with E-state index in [-0.39, 0.29) is 0 Å². The Bertz CT molecular complexity index is 521. The highest BCUT2D eigenvalue weighted by molar-refractivity contribution is 5.75. The van der Waals surface area contributed by atoms with Crippen molar-refractivity contribution in [3.63, 3.8) is 0 Å². The quantitative estimate of drug-likeness (QED) is 0.748. The Labute approximate surface area is 102 Å². The van der Waals surface area contributed by atoms with Gasteiger partial charge in [0.2, 0.25) is 0 Å². The zero-order valence-corrected chi connectivity index (χ0v) is 10.6. The highest BCUT2D eigenvalue weighted by Crippen LogP contribution is 2.28. The minimum atomic E-state index is 0.628. The van der Waals surface area contributed by atoms with Gasteiger partial charge in [-0.1, -0.05) is 12.1 Å². The van der Waals surface area contributed by atoms with Crippen LogP contribution in [0.15, 0.2) is 24.3 Å². The van der Waals surface area contributed by atoms with Crippen molar-refractivity contribution in [1.82, 2.24) is 14.5 Å². The van der Waals surface area contributed by atoms with E-state index in [1.807, 2.05) is 0 Å². The molecule has 0 atom stereocenters. The van der Waals surface area contributed by atoms with Crippen molar-refractivity contribution in [3.05, 3.63) is 30.1 Å². The lowest BCUT2D eigenvalue weighted by atomic mass is 9.96. The van der Waals surface area contributed by atoms with Crippen LogP contribution in [0.4, 0.5) is 0 Å². The summed E-state index contributed by atoms with van der Waals surface area (Å²) < 4.78 is 2.27. The Morgan fingerprint density at radius 1 is 1.12 bits per heavy atom. The average Bonchev–Trinajstić information content (AvgIpc) is 2.69. The molecule has 17 heavy (non-hydrogen) atoms. The van der Waals surface area contributed by atoms with Crippen LogP contribution in [0.2, 0.25) is 0 Å². The van der Waals surface area contributed by atoms with Crippen LogP contribution in [-0.2, 0) is 7.05 Å². The Kier molecular flexibility index (Phi) is 2.63. The van der Waals surface area contributed by atoms with Gasteiger partial charge in [0.25, 0.3) is 0 Å². The van der Waals surface area contributed by atoms with Crippen LogP contribution < -0.4 is 0 Å². The molecule has 0 bridgehead atoms. The van der Waals surface area contributed by atoms with Crippen molar-refractivity contribution in [2.75, 3.05) is 20.1 Å². The summed E-state index contributed by atoms with van der Waals surface area (Å²) in [5.74, 6) is 1.89. The van der Waals surface area contributed by atoms with Gasteiger partial charge in [0.15, 0.2) is 0 Å². The molecule has 1 fully saturated rings. The first kappa shape index (κ1) is 10.8. The second-order valence-electron chi connectivity index (χ2n) is 5.10.